The molecule has 0 atom stereocenters. The molecule has 6 aromatic rings. The van der Waals surface area contributed by atoms with Gasteiger partial charge in [-0.1, -0.05) is 24.3 Å². The van der Waals surface area contributed by atoms with Crippen LogP contribution in [-0.4, -0.2) is 48.4 Å². The van der Waals surface area contributed by atoms with Crippen LogP contribution < -0.4 is 20.3 Å². The lowest BCUT2D eigenvalue weighted by molar-refractivity contribution is 0.0947. The molecule has 0 radical (unpaired) electrons. The number of nitrogens with zero attached hydrogens (tertiary/aromatic N) is 2. The molecule has 44 heavy (non-hydrogen) atoms. The Balaban J connectivity index is 1.05. The smallest absolute Gasteiger partial charge is 0.271 e. The van der Waals surface area contributed by atoms with E-state index in [2.05, 4.69) is 31.0 Å². The van der Waals surface area contributed by atoms with E-state index in [1.807, 2.05) is 73.1 Å². The highest BCUT2D eigenvalue weighted by atomic mass is 16.5. The highest BCUT2D eigenvalue weighted by molar-refractivity contribution is 6.02. The van der Waals surface area contributed by atoms with Crippen LogP contribution in [0.2, 0.25) is 0 Å². The number of hydrazone groups is 2. The molecule has 4 N–H and O–H groups in total. The highest BCUT2D eigenvalue weighted by Crippen LogP contribution is 2.24. The maximum Gasteiger partial charge on any atom is 0.271 e. The van der Waals surface area contributed by atoms with Gasteiger partial charge in [0.1, 0.15) is 11.5 Å². The number of ether oxygens (including phenoxy) is 2. The molecule has 0 spiro atoms. The van der Waals surface area contributed by atoms with Crippen LogP contribution >= 0.6 is 0 Å². The summed E-state index contributed by atoms with van der Waals surface area (Å²) in [5.74, 6) is 0.818. The predicted molar refractivity (Wildman–Crippen MR) is 172 cm³/mol. The largest absolute Gasteiger partial charge is 0.497 e. The molecule has 0 fully saturated rings. The molecular formula is C34H28N6O4. The quantitative estimate of drug-likeness (QED) is 0.125. The predicted octanol–water partition coefficient (Wildman–Crippen LogP) is 5.86. The first-order valence-electron chi connectivity index (χ1n) is 13.7. The molecular weight excluding hydrogens is 556 g/mol. The lowest BCUT2D eigenvalue weighted by atomic mass is 10.0. The van der Waals surface area contributed by atoms with E-state index in [1.54, 1.807) is 50.9 Å². The number of methoxy groups -OCH3 is 2. The van der Waals surface area contributed by atoms with Gasteiger partial charge in [-0.25, -0.2) is 10.9 Å². The lowest BCUT2D eigenvalue weighted by Gasteiger charge is -2.05. The lowest BCUT2D eigenvalue weighted by Crippen LogP contribution is -2.17. The second-order valence-corrected chi connectivity index (χ2v) is 9.86. The number of carbonyl (C=O) groups is 2. The number of fused-ring (bicyclic) bond motifs is 2. The number of benzene rings is 4. The van der Waals surface area contributed by atoms with E-state index in [0.717, 1.165) is 55.6 Å². The standard InChI is InChI=1S/C34H28N6O4/c1-43-27-11-13-31-29(15-27)25(17-35-31)19-37-39-33(41)23-7-3-21(4-8-23)22-5-9-24(10-6-22)34(42)40-38-20-26-18-36-32-14-12-28(44-2)16-30(26)32/h3-20,35-36H,1-2H3,(H,39,41)(H,40,42)/b37-19+,38-20+. The molecule has 4 aromatic carbocycles. The Morgan fingerprint density at radius 2 is 1.02 bits per heavy atom. The van der Waals surface area contributed by atoms with Gasteiger partial charge < -0.3 is 19.4 Å². The van der Waals surface area contributed by atoms with E-state index >= 15 is 0 Å². The van der Waals surface area contributed by atoms with Crippen molar-refractivity contribution in [1.29, 1.82) is 0 Å². The van der Waals surface area contributed by atoms with Gasteiger partial charge in [-0.05, 0) is 71.8 Å². The van der Waals surface area contributed by atoms with Crippen LogP contribution in [0.25, 0.3) is 32.9 Å². The average Bonchev–Trinajstić information content (AvgIpc) is 3.67. The molecule has 6 rings (SSSR count). The number of hydrogen-bond donors (Lipinski definition) is 4. The van der Waals surface area contributed by atoms with Crippen molar-refractivity contribution < 1.29 is 19.1 Å². The Kier molecular flexibility index (Phi) is 7.87. The van der Waals surface area contributed by atoms with Crippen LogP contribution in [0.5, 0.6) is 11.5 Å². The molecule has 0 unspecified atom stereocenters. The van der Waals surface area contributed by atoms with Crippen molar-refractivity contribution in [1.82, 2.24) is 20.8 Å². The molecule has 2 heterocycles. The first-order chi connectivity index (χ1) is 21.5. The molecule has 10 heteroatoms. The summed E-state index contributed by atoms with van der Waals surface area (Å²) < 4.78 is 10.6. The van der Waals surface area contributed by atoms with Gasteiger partial charge in [0.25, 0.3) is 11.8 Å². The van der Waals surface area contributed by atoms with Gasteiger partial charge in [-0.3, -0.25) is 9.59 Å². The minimum atomic E-state index is -0.329. The van der Waals surface area contributed by atoms with Crippen molar-refractivity contribution in [3.8, 4) is 22.6 Å². The van der Waals surface area contributed by atoms with Crippen LogP contribution in [0.1, 0.15) is 31.8 Å². The molecule has 2 amide bonds. The van der Waals surface area contributed by atoms with Crippen LogP contribution in [-0.2, 0) is 0 Å². The number of aromatic nitrogens is 2. The average molecular weight is 585 g/mol. The third-order valence-electron chi connectivity index (χ3n) is 7.21. The van der Waals surface area contributed by atoms with Crippen LogP contribution in [0.4, 0.5) is 0 Å². The fourth-order valence-corrected chi connectivity index (χ4v) is 4.79. The first-order valence-corrected chi connectivity index (χ1v) is 13.7. The summed E-state index contributed by atoms with van der Waals surface area (Å²) in [6, 6.07) is 25.7. The van der Waals surface area contributed by atoms with E-state index in [1.165, 1.54) is 0 Å². The van der Waals surface area contributed by atoms with E-state index in [9.17, 15) is 9.59 Å². The van der Waals surface area contributed by atoms with E-state index in [4.69, 9.17) is 9.47 Å². The summed E-state index contributed by atoms with van der Waals surface area (Å²) >= 11 is 0. The maximum atomic E-state index is 12.6. The third-order valence-corrected chi connectivity index (χ3v) is 7.21. The van der Waals surface area contributed by atoms with Gasteiger partial charge in [0.05, 0.1) is 26.6 Å². The van der Waals surface area contributed by atoms with Crippen molar-refractivity contribution in [2.24, 2.45) is 10.2 Å². The summed E-state index contributed by atoms with van der Waals surface area (Å²) in [4.78, 5) is 31.6. The van der Waals surface area contributed by atoms with Gasteiger partial charge in [0.2, 0.25) is 0 Å². The van der Waals surface area contributed by atoms with E-state index in [-0.39, 0.29) is 11.8 Å². The molecule has 10 nitrogen and oxygen atoms in total. The Labute approximate surface area is 252 Å². The zero-order valence-electron chi connectivity index (χ0n) is 23.9. The van der Waals surface area contributed by atoms with Gasteiger partial charge in [0.15, 0.2) is 0 Å². The number of aromatic amines is 2. The zero-order chi connectivity index (χ0) is 30.5. The number of carbonyl (C=O) groups excluding carboxylic acids is 2. The van der Waals surface area contributed by atoms with Crippen molar-refractivity contribution >= 4 is 46.0 Å². The molecule has 0 aliphatic heterocycles. The minimum absolute atomic E-state index is 0.329. The summed E-state index contributed by atoms with van der Waals surface area (Å²) in [6.45, 7) is 0. The third kappa shape index (κ3) is 5.90. The van der Waals surface area contributed by atoms with Crippen molar-refractivity contribution in [2.75, 3.05) is 14.2 Å². The Hall–Kier alpha value is -6.16. The van der Waals surface area contributed by atoms with Crippen LogP contribution in [0, 0.1) is 0 Å². The van der Waals surface area contributed by atoms with E-state index < -0.39 is 0 Å². The van der Waals surface area contributed by atoms with Crippen molar-refractivity contribution in [2.45, 2.75) is 0 Å². The monoisotopic (exact) mass is 584 g/mol. The molecule has 0 saturated heterocycles. The van der Waals surface area contributed by atoms with Crippen molar-refractivity contribution in [3.63, 3.8) is 0 Å². The maximum absolute atomic E-state index is 12.6. The van der Waals surface area contributed by atoms with Gasteiger partial charge in [0, 0.05) is 56.5 Å². The Morgan fingerprint density at radius 3 is 1.41 bits per heavy atom. The summed E-state index contributed by atoms with van der Waals surface area (Å²) in [7, 11) is 3.23. The fraction of sp³-hybridized carbons (Fsp3) is 0.0588. The molecule has 0 aliphatic rings. The summed E-state index contributed by atoms with van der Waals surface area (Å²) in [5.41, 5.74) is 11.4. The van der Waals surface area contributed by atoms with Crippen LogP contribution in [0.15, 0.2) is 108 Å². The van der Waals surface area contributed by atoms with Gasteiger partial charge >= 0.3 is 0 Å². The fourth-order valence-electron chi connectivity index (χ4n) is 4.79. The molecule has 2 aromatic heterocycles. The molecule has 0 saturated carbocycles. The molecule has 0 aliphatic carbocycles. The second kappa shape index (κ2) is 12.4. The van der Waals surface area contributed by atoms with Gasteiger partial charge in [-0.15, -0.1) is 0 Å². The highest BCUT2D eigenvalue weighted by Gasteiger charge is 2.09. The number of amides is 2. The first kappa shape index (κ1) is 28.0. The Morgan fingerprint density at radius 1 is 0.614 bits per heavy atom. The molecule has 0 bridgehead atoms. The van der Waals surface area contributed by atoms with Crippen LogP contribution in [0.3, 0.4) is 0 Å². The second-order valence-electron chi connectivity index (χ2n) is 9.86. The number of H-pyrrole nitrogens is 2. The Bertz CT molecular complexity index is 1870. The number of hydrogen-bond acceptors (Lipinski definition) is 6. The minimum Gasteiger partial charge on any atom is -0.497 e. The van der Waals surface area contributed by atoms with Crippen molar-refractivity contribution in [3.05, 3.63) is 120 Å². The normalized spacial score (nSPS) is 11.4. The zero-order valence-corrected chi connectivity index (χ0v) is 23.9. The summed E-state index contributed by atoms with van der Waals surface area (Å²) in [5, 5.41) is 10.1. The van der Waals surface area contributed by atoms with Gasteiger partial charge in [-0.2, -0.15) is 10.2 Å². The summed E-state index contributed by atoms with van der Waals surface area (Å²) in [6.07, 6.45) is 6.82. The topological polar surface area (TPSA) is 133 Å². The number of nitrogens with one attached hydrogen (secondary N) is 4. The SMILES string of the molecule is COc1ccc2[nH]cc(/C=N/NC(=O)c3ccc(-c4ccc(C(=O)N/N=C/c5c[nH]c6ccc(OC)cc56)cc4)cc3)c2c1. The van der Waals surface area contributed by atoms with E-state index in [0.29, 0.717) is 11.1 Å². The number of rotatable bonds is 9. The molecule has 218 valence electrons.